The van der Waals surface area contributed by atoms with E-state index in [4.69, 9.17) is 5.73 Å². The molecule has 0 radical (unpaired) electrons. The fraction of sp³-hybridized carbons (Fsp3) is 0.750. The van der Waals surface area contributed by atoms with Crippen LogP contribution in [0.3, 0.4) is 0 Å². The summed E-state index contributed by atoms with van der Waals surface area (Å²) < 4.78 is 0. The van der Waals surface area contributed by atoms with Crippen LogP contribution >= 0.6 is 0 Å². The molecule has 0 amide bonds. The van der Waals surface area contributed by atoms with Crippen molar-refractivity contribution < 1.29 is 0 Å². The first-order valence-electron chi connectivity index (χ1n) is 3.68. The Morgan fingerprint density at radius 3 is 2.40 bits per heavy atom. The first-order valence-corrected chi connectivity index (χ1v) is 3.68. The van der Waals surface area contributed by atoms with Crippen molar-refractivity contribution in [3.63, 3.8) is 0 Å². The van der Waals surface area contributed by atoms with Crippen LogP contribution in [-0.4, -0.2) is 30.6 Å². The second-order valence-corrected chi connectivity index (χ2v) is 2.73. The molecule has 0 spiro atoms. The Morgan fingerprint density at radius 1 is 1.60 bits per heavy atom. The average Bonchev–Trinajstić information content (AvgIpc) is 2.00. The Morgan fingerprint density at radius 2 is 2.10 bits per heavy atom. The van der Waals surface area contributed by atoms with Gasteiger partial charge in [0, 0.05) is 18.6 Å². The third-order valence-corrected chi connectivity index (χ3v) is 2.02. The molecule has 0 saturated heterocycles. The van der Waals surface area contributed by atoms with E-state index in [1.54, 1.807) is 0 Å². The minimum Gasteiger partial charge on any atom is -0.329 e. The van der Waals surface area contributed by atoms with Crippen molar-refractivity contribution in [1.29, 1.82) is 0 Å². The Labute approximate surface area is 63.7 Å². The maximum absolute atomic E-state index is 5.49. The monoisotopic (exact) mass is 142 g/mol. The molecule has 2 nitrogen and oxygen atoms in total. The van der Waals surface area contributed by atoms with Crippen LogP contribution in [0.1, 0.15) is 13.8 Å². The van der Waals surface area contributed by atoms with Crippen molar-refractivity contribution in [3.05, 3.63) is 12.7 Å². The Kier molecular flexibility index (Phi) is 4.32. The maximum atomic E-state index is 5.49. The van der Waals surface area contributed by atoms with E-state index < -0.39 is 0 Å². The van der Waals surface area contributed by atoms with E-state index in [9.17, 15) is 0 Å². The molecule has 0 fully saturated rings. The van der Waals surface area contributed by atoms with Gasteiger partial charge in [0.15, 0.2) is 0 Å². The zero-order valence-corrected chi connectivity index (χ0v) is 7.17. The van der Waals surface area contributed by atoms with Gasteiger partial charge in [-0.05, 0) is 20.9 Å². The Balaban J connectivity index is 3.80. The molecule has 2 atom stereocenters. The molecule has 0 aromatic heterocycles. The highest BCUT2D eigenvalue weighted by atomic mass is 15.2. The molecule has 0 aromatic carbocycles. The van der Waals surface area contributed by atoms with Gasteiger partial charge in [-0.2, -0.15) is 0 Å². The number of rotatable bonds is 4. The molecule has 0 aliphatic rings. The third kappa shape index (κ3) is 2.50. The zero-order valence-electron chi connectivity index (χ0n) is 7.17. The van der Waals surface area contributed by atoms with E-state index in [1.165, 1.54) is 0 Å². The Bertz CT molecular complexity index is 101. The van der Waals surface area contributed by atoms with Gasteiger partial charge < -0.3 is 5.73 Å². The number of hydrogen-bond donors (Lipinski definition) is 1. The summed E-state index contributed by atoms with van der Waals surface area (Å²) in [6.07, 6.45) is 1.92. The summed E-state index contributed by atoms with van der Waals surface area (Å²) in [4.78, 5) is 2.20. The highest BCUT2D eigenvalue weighted by Gasteiger charge is 2.10. The van der Waals surface area contributed by atoms with Gasteiger partial charge >= 0.3 is 0 Å². The molecule has 10 heavy (non-hydrogen) atoms. The van der Waals surface area contributed by atoms with Crippen LogP contribution in [0.15, 0.2) is 12.7 Å². The van der Waals surface area contributed by atoms with Gasteiger partial charge in [0.2, 0.25) is 0 Å². The van der Waals surface area contributed by atoms with Crippen molar-refractivity contribution in [2.24, 2.45) is 5.73 Å². The molecule has 0 aliphatic carbocycles. The predicted octanol–water partition coefficient (Wildman–Crippen LogP) is 0.840. The second kappa shape index (κ2) is 4.47. The molecule has 2 unspecified atom stereocenters. The van der Waals surface area contributed by atoms with E-state index in [1.807, 2.05) is 6.08 Å². The van der Waals surface area contributed by atoms with Gasteiger partial charge in [-0.1, -0.05) is 6.08 Å². The maximum Gasteiger partial charge on any atom is 0.0247 e. The van der Waals surface area contributed by atoms with Gasteiger partial charge in [-0.15, -0.1) is 6.58 Å². The van der Waals surface area contributed by atoms with E-state index in [2.05, 4.69) is 32.4 Å². The molecule has 0 saturated carbocycles. The molecule has 2 N–H and O–H groups in total. The SMILES string of the molecule is C=CC(C)N(C)C(C)CN. The van der Waals surface area contributed by atoms with Crippen LogP contribution in [0.5, 0.6) is 0 Å². The van der Waals surface area contributed by atoms with Crippen molar-refractivity contribution >= 4 is 0 Å². The van der Waals surface area contributed by atoms with Crippen LogP contribution in [0.25, 0.3) is 0 Å². The highest BCUT2D eigenvalue weighted by molar-refractivity contribution is 4.84. The average molecular weight is 142 g/mol. The third-order valence-electron chi connectivity index (χ3n) is 2.02. The van der Waals surface area contributed by atoms with Crippen LogP contribution < -0.4 is 5.73 Å². The zero-order chi connectivity index (χ0) is 8.15. The van der Waals surface area contributed by atoms with Gasteiger partial charge in [0.1, 0.15) is 0 Å². The van der Waals surface area contributed by atoms with Crippen LogP contribution in [0, 0.1) is 0 Å². The summed E-state index contributed by atoms with van der Waals surface area (Å²) in [5.74, 6) is 0. The number of nitrogens with two attached hydrogens (primary N) is 1. The first kappa shape index (κ1) is 9.66. The number of hydrogen-bond acceptors (Lipinski definition) is 2. The van der Waals surface area contributed by atoms with E-state index in [0.29, 0.717) is 18.6 Å². The fourth-order valence-corrected chi connectivity index (χ4v) is 0.734. The smallest absolute Gasteiger partial charge is 0.0247 e. The molecule has 2 heteroatoms. The highest BCUT2D eigenvalue weighted by Crippen LogP contribution is 2.00. The van der Waals surface area contributed by atoms with E-state index in [0.717, 1.165) is 0 Å². The van der Waals surface area contributed by atoms with E-state index in [-0.39, 0.29) is 0 Å². The largest absolute Gasteiger partial charge is 0.329 e. The molecular weight excluding hydrogens is 124 g/mol. The number of nitrogens with zero attached hydrogens (tertiary/aromatic N) is 1. The van der Waals surface area contributed by atoms with Crippen LogP contribution in [-0.2, 0) is 0 Å². The van der Waals surface area contributed by atoms with Gasteiger partial charge in [0.05, 0.1) is 0 Å². The van der Waals surface area contributed by atoms with Crippen LogP contribution in [0.4, 0.5) is 0 Å². The molecule has 0 aliphatic heterocycles. The summed E-state index contributed by atoms with van der Waals surface area (Å²) in [5, 5.41) is 0. The summed E-state index contributed by atoms with van der Waals surface area (Å²) in [6.45, 7) is 8.64. The van der Waals surface area contributed by atoms with Crippen molar-refractivity contribution in [1.82, 2.24) is 4.90 Å². The van der Waals surface area contributed by atoms with E-state index >= 15 is 0 Å². The number of likely N-dealkylation sites (N-methyl/N-ethyl adjacent to an activating group) is 1. The van der Waals surface area contributed by atoms with Crippen molar-refractivity contribution in [3.8, 4) is 0 Å². The van der Waals surface area contributed by atoms with Crippen molar-refractivity contribution in [2.75, 3.05) is 13.6 Å². The normalized spacial score (nSPS) is 16.9. The standard InChI is InChI=1S/C8H18N2/c1-5-7(2)10(4)8(3)6-9/h5,7-8H,1,6,9H2,2-4H3. The lowest BCUT2D eigenvalue weighted by Crippen LogP contribution is -2.40. The molecular formula is C8H18N2. The molecule has 60 valence electrons. The second-order valence-electron chi connectivity index (χ2n) is 2.73. The van der Waals surface area contributed by atoms with Gasteiger partial charge in [-0.25, -0.2) is 0 Å². The van der Waals surface area contributed by atoms with Gasteiger partial charge in [0.25, 0.3) is 0 Å². The molecule has 0 rings (SSSR count). The fourth-order valence-electron chi connectivity index (χ4n) is 0.734. The summed E-state index contributed by atoms with van der Waals surface area (Å²) in [5.41, 5.74) is 5.49. The molecule has 0 heterocycles. The van der Waals surface area contributed by atoms with Gasteiger partial charge in [-0.3, -0.25) is 4.90 Å². The summed E-state index contributed by atoms with van der Waals surface area (Å²) >= 11 is 0. The van der Waals surface area contributed by atoms with Crippen molar-refractivity contribution in [2.45, 2.75) is 25.9 Å². The quantitative estimate of drug-likeness (QED) is 0.589. The predicted molar refractivity (Wildman–Crippen MR) is 45.9 cm³/mol. The lowest BCUT2D eigenvalue weighted by atomic mass is 10.2. The molecule has 0 aromatic rings. The Hall–Kier alpha value is -0.340. The topological polar surface area (TPSA) is 29.3 Å². The first-order chi connectivity index (χ1) is 4.63. The lowest BCUT2D eigenvalue weighted by Gasteiger charge is -2.27. The minimum absolute atomic E-state index is 0.415. The summed E-state index contributed by atoms with van der Waals surface area (Å²) in [6, 6.07) is 0.853. The lowest BCUT2D eigenvalue weighted by molar-refractivity contribution is 0.232. The molecule has 0 bridgehead atoms. The minimum atomic E-state index is 0.415. The summed E-state index contributed by atoms with van der Waals surface area (Å²) in [7, 11) is 2.06. The van der Waals surface area contributed by atoms with Crippen LogP contribution in [0.2, 0.25) is 0 Å².